The molecular formula is C16H19ClN2O. The quantitative estimate of drug-likeness (QED) is 0.854. The maximum absolute atomic E-state index is 6.17. The fraction of sp³-hybridized carbons (Fsp3) is 0.250. The lowest BCUT2D eigenvalue weighted by Crippen LogP contribution is -2.20. The van der Waals surface area contributed by atoms with Gasteiger partial charge in [-0.15, -0.1) is 0 Å². The summed E-state index contributed by atoms with van der Waals surface area (Å²) < 4.78 is 5.16. The highest BCUT2D eigenvalue weighted by atomic mass is 35.5. The molecule has 20 heavy (non-hydrogen) atoms. The Labute approximate surface area is 124 Å². The summed E-state index contributed by atoms with van der Waals surface area (Å²) in [5.74, 6) is 0. The molecule has 0 saturated heterocycles. The molecule has 0 aliphatic carbocycles. The van der Waals surface area contributed by atoms with E-state index >= 15 is 0 Å². The molecular weight excluding hydrogens is 272 g/mol. The van der Waals surface area contributed by atoms with Crippen molar-refractivity contribution in [2.45, 2.75) is 12.6 Å². The van der Waals surface area contributed by atoms with Crippen molar-refractivity contribution in [3.63, 3.8) is 0 Å². The van der Waals surface area contributed by atoms with Crippen molar-refractivity contribution in [2.24, 2.45) is 5.73 Å². The van der Waals surface area contributed by atoms with Crippen molar-refractivity contribution in [1.82, 2.24) is 0 Å². The first-order chi connectivity index (χ1) is 9.74. The smallest absolute Gasteiger partial charge is 0.0713 e. The van der Waals surface area contributed by atoms with Gasteiger partial charge in [0.15, 0.2) is 0 Å². The minimum absolute atomic E-state index is 0.0201. The predicted molar refractivity (Wildman–Crippen MR) is 84.0 cm³/mol. The van der Waals surface area contributed by atoms with Crippen LogP contribution in [0.5, 0.6) is 0 Å². The van der Waals surface area contributed by atoms with E-state index < -0.39 is 0 Å². The molecule has 0 saturated carbocycles. The van der Waals surface area contributed by atoms with Crippen LogP contribution in [0.15, 0.2) is 48.5 Å². The molecule has 2 rings (SSSR count). The van der Waals surface area contributed by atoms with E-state index in [-0.39, 0.29) is 6.04 Å². The maximum Gasteiger partial charge on any atom is 0.0713 e. The number of para-hydroxylation sites is 1. The van der Waals surface area contributed by atoms with Crippen molar-refractivity contribution < 1.29 is 4.74 Å². The Morgan fingerprint density at radius 1 is 1.20 bits per heavy atom. The summed E-state index contributed by atoms with van der Waals surface area (Å²) in [4.78, 5) is 0. The first-order valence-corrected chi connectivity index (χ1v) is 6.91. The second-order valence-corrected chi connectivity index (χ2v) is 5.00. The van der Waals surface area contributed by atoms with E-state index in [4.69, 9.17) is 22.1 Å². The van der Waals surface area contributed by atoms with Crippen molar-refractivity contribution in [1.29, 1.82) is 0 Å². The van der Waals surface area contributed by atoms with Crippen LogP contribution >= 0.6 is 11.6 Å². The van der Waals surface area contributed by atoms with E-state index in [1.165, 1.54) is 0 Å². The van der Waals surface area contributed by atoms with Gasteiger partial charge in [0.2, 0.25) is 0 Å². The second kappa shape index (κ2) is 7.29. The molecule has 0 spiro atoms. The van der Waals surface area contributed by atoms with E-state index in [9.17, 15) is 0 Å². The van der Waals surface area contributed by atoms with Crippen molar-refractivity contribution in [3.05, 3.63) is 64.7 Å². The van der Waals surface area contributed by atoms with Crippen LogP contribution < -0.4 is 11.1 Å². The first-order valence-electron chi connectivity index (χ1n) is 6.53. The molecule has 4 heteroatoms. The number of halogens is 1. The Balaban J connectivity index is 2.20. The Bertz CT molecular complexity index is 560. The zero-order chi connectivity index (χ0) is 14.4. The second-order valence-electron chi connectivity index (χ2n) is 4.59. The summed E-state index contributed by atoms with van der Waals surface area (Å²) in [7, 11) is 1.69. The van der Waals surface area contributed by atoms with Gasteiger partial charge in [0, 0.05) is 13.7 Å². The molecule has 0 aliphatic heterocycles. The summed E-state index contributed by atoms with van der Waals surface area (Å²) in [5.41, 5.74) is 9.04. The van der Waals surface area contributed by atoms with E-state index in [1.807, 2.05) is 36.4 Å². The van der Waals surface area contributed by atoms with Gasteiger partial charge in [-0.1, -0.05) is 48.0 Å². The van der Waals surface area contributed by atoms with Gasteiger partial charge >= 0.3 is 0 Å². The predicted octanol–water partition coefficient (Wildman–Crippen LogP) is 3.60. The van der Waals surface area contributed by atoms with Crippen LogP contribution in [0.4, 0.5) is 5.69 Å². The molecule has 1 atom stereocenters. The molecule has 2 aromatic rings. The van der Waals surface area contributed by atoms with Crippen molar-refractivity contribution >= 4 is 17.3 Å². The lowest BCUT2D eigenvalue weighted by molar-refractivity contribution is 0.185. The van der Waals surface area contributed by atoms with Gasteiger partial charge in [0.1, 0.15) is 0 Å². The van der Waals surface area contributed by atoms with Gasteiger partial charge in [0.05, 0.1) is 23.4 Å². The molecule has 2 aromatic carbocycles. The van der Waals surface area contributed by atoms with Gasteiger partial charge in [-0.2, -0.15) is 0 Å². The summed E-state index contributed by atoms with van der Waals surface area (Å²) in [5, 5.41) is 4.08. The Kier molecular flexibility index (Phi) is 5.41. The molecule has 1 unspecified atom stereocenters. The molecule has 0 heterocycles. The summed E-state index contributed by atoms with van der Waals surface area (Å²) >= 11 is 6.17. The van der Waals surface area contributed by atoms with Gasteiger partial charge in [0.25, 0.3) is 0 Å². The van der Waals surface area contributed by atoms with E-state index in [0.29, 0.717) is 18.2 Å². The van der Waals surface area contributed by atoms with Crippen LogP contribution in [0, 0.1) is 0 Å². The molecule has 0 bridgehead atoms. The number of benzene rings is 2. The standard InChI is InChI=1S/C16H19ClN2O/c1-20-11-12-5-4-6-13(9-12)16(10-18)19-15-8-3-2-7-14(15)17/h2-9,16,19H,10-11,18H2,1H3. The van der Waals surface area contributed by atoms with Crippen LogP contribution in [0.1, 0.15) is 17.2 Å². The molecule has 3 nitrogen and oxygen atoms in total. The molecule has 0 fully saturated rings. The number of nitrogens with one attached hydrogen (secondary N) is 1. The highest BCUT2D eigenvalue weighted by molar-refractivity contribution is 6.33. The van der Waals surface area contributed by atoms with E-state index in [0.717, 1.165) is 16.8 Å². The highest BCUT2D eigenvalue weighted by Crippen LogP contribution is 2.26. The SMILES string of the molecule is COCc1cccc(C(CN)Nc2ccccc2Cl)c1. The minimum Gasteiger partial charge on any atom is -0.380 e. The van der Waals surface area contributed by atoms with Crippen LogP contribution in [-0.4, -0.2) is 13.7 Å². The number of nitrogens with two attached hydrogens (primary N) is 1. The number of anilines is 1. The van der Waals surface area contributed by atoms with Crippen molar-refractivity contribution in [2.75, 3.05) is 19.0 Å². The van der Waals surface area contributed by atoms with Crippen molar-refractivity contribution in [3.8, 4) is 0 Å². The van der Waals surface area contributed by atoms with E-state index in [2.05, 4.69) is 17.4 Å². The molecule has 0 radical (unpaired) electrons. The topological polar surface area (TPSA) is 47.3 Å². The third kappa shape index (κ3) is 3.73. The molecule has 3 N–H and O–H groups in total. The monoisotopic (exact) mass is 290 g/mol. The number of rotatable bonds is 6. The minimum atomic E-state index is 0.0201. The summed E-state index contributed by atoms with van der Waals surface area (Å²) in [6.45, 7) is 1.08. The number of ether oxygens (including phenoxy) is 1. The third-order valence-corrected chi connectivity index (χ3v) is 3.43. The molecule has 0 aliphatic rings. The van der Waals surface area contributed by atoms with E-state index in [1.54, 1.807) is 7.11 Å². The zero-order valence-corrected chi connectivity index (χ0v) is 12.2. The molecule has 106 valence electrons. The molecule has 0 aromatic heterocycles. The van der Waals surface area contributed by atoms with Gasteiger partial charge in [-0.05, 0) is 23.3 Å². The van der Waals surface area contributed by atoms with Gasteiger partial charge in [-0.3, -0.25) is 0 Å². The third-order valence-electron chi connectivity index (χ3n) is 3.10. The Morgan fingerprint density at radius 3 is 2.70 bits per heavy atom. The fourth-order valence-corrected chi connectivity index (χ4v) is 2.30. The Hall–Kier alpha value is -1.55. The molecule has 0 amide bonds. The highest BCUT2D eigenvalue weighted by Gasteiger charge is 2.11. The zero-order valence-electron chi connectivity index (χ0n) is 11.5. The average Bonchev–Trinajstić information content (AvgIpc) is 2.47. The number of hydrogen-bond donors (Lipinski definition) is 2. The average molecular weight is 291 g/mol. The number of hydrogen-bond acceptors (Lipinski definition) is 3. The maximum atomic E-state index is 6.17. The summed E-state index contributed by atoms with van der Waals surface area (Å²) in [6.07, 6.45) is 0. The normalized spacial score (nSPS) is 12.2. The lowest BCUT2D eigenvalue weighted by Gasteiger charge is -2.20. The van der Waals surface area contributed by atoms with Gasteiger partial charge < -0.3 is 15.8 Å². The lowest BCUT2D eigenvalue weighted by atomic mass is 10.0. The first kappa shape index (κ1) is 14.9. The van der Waals surface area contributed by atoms with Crippen LogP contribution in [0.2, 0.25) is 5.02 Å². The van der Waals surface area contributed by atoms with Crippen LogP contribution in [-0.2, 0) is 11.3 Å². The largest absolute Gasteiger partial charge is 0.380 e. The number of methoxy groups -OCH3 is 1. The van der Waals surface area contributed by atoms with Crippen LogP contribution in [0.25, 0.3) is 0 Å². The van der Waals surface area contributed by atoms with Crippen LogP contribution in [0.3, 0.4) is 0 Å². The Morgan fingerprint density at radius 2 is 2.00 bits per heavy atom. The van der Waals surface area contributed by atoms with Gasteiger partial charge in [-0.25, -0.2) is 0 Å². The fourth-order valence-electron chi connectivity index (χ4n) is 2.11. The summed E-state index contributed by atoms with van der Waals surface area (Å²) in [6, 6.07) is 15.9.